The zero-order valence-corrected chi connectivity index (χ0v) is 37.9. The van der Waals surface area contributed by atoms with Crippen molar-refractivity contribution in [1.29, 1.82) is 0 Å². The van der Waals surface area contributed by atoms with E-state index >= 15 is 0 Å². The predicted molar refractivity (Wildman–Crippen MR) is 242 cm³/mol. The van der Waals surface area contributed by atoms with Gasteiger partial charge in [-0.1, -0.05) is 206 Å². The summed E-state index contributed by atoms with van der Waals surface area (Å²) in [5, 5.41) is 0. The first-order valence-electron chi connectivity index (χ1n) is 24.9. The maximum absolute atomic E-state index is 12.8. The molecule has 0 saturated heterocycles. The number of hydrogen-bond donors (Lipinski definition) is 0. The molecule has 0 rings (SSSR count). The average molecular weight is 789 g/mol. The van der Waals surface area contributed by atoms with Crippen LogP contribution in [0, 0.1) is 0 Å². The predicted octanol–water partition coefficient (Wildman–Crippen LogP) is 16.5. The highest BCUT2D eigenvalue weighted by Gasteiger charge is 2.17. The summed E-state index contributed by atoms with van der Waals surface area (Å²) in [5.41, 5.74) is 0. The number of rotatable bonds is 46. The molecule has 0 aliphatic heterocycles. The Morgan fingerprint density at radius 1 is 0.375 bits per heavy atom. The molecule has 5 nitrogen and oxygen atoms in total. The van der Waals surface area contributed by atoms with Crippen LogP contribution in [-0.4, -0.2) is 37.9 Å². The molecule has 0 saturated carbocycles. The van der Waals surface area contributed by atoms with Gasteiger partial charge in [0.05, 0.1) is 6.61 Å². The van der Waals surface area contributed by atoms with Crippen LogP contribution in [0.25, 0.3) is 0 Å². The quantitative estimate of drug-likeness (QED) is 0.0349. The highest BCUT2D eigenvalue weighted by atomic mass is 16.6. The standard InChI is InChI=1S/C51H96O5/c1-4-7-10-13-16-19-22-25-28-31-34-37-40-43-46-54-47-49(56-51(53)45-42-39-36-33-30-27-24-21-18-15-12-9-6-3)48-55-50(52)44-41-38-35-32-29-26-23-20-17-14-11-8-5-2/h19-20,22-23,49H,4-18,21,24-48H2,1-3H3/b22-19-,23-20-. The van der Waals surface area contributed by atoms with Gasteiger partial charge in [0.2, 0.25) is 0 Å². The molecule has 1 atom stereocenters. The fourth-order valence-corrected chi connectivity index (χ4v) is 7.21. The Bertz CT molecular complexity index is 851. The molecule has 330 valence electrons. The van der Waals surface area contributed by atoms with Crippen LogP contribution >= 0.6 is 0 Å². The highest BCUT2D eigenvalue weighted by molar-refractivity contribution is 5.70. The van der Waals surface area contributed by atoms with Gasteiger partial charge in [0, 0.05) is 19.4 Å². The molecule has 0 amide bonds. The molecule has 5 heteroatoms. The lowest BCUT2D eigenvalue weighted by molar-refractivity contribution is -0.163. The zero-order valence-electron chi connectivity index (χ0n) is 37.9. The fourth-order valence-electron chi connectivity index (χ4n) is 7.21. The summed E-state index contributed by atoms with van der Waals surface area (Å²) in [5.74, 6) is -0.397. The summed E-state index contributed by atoms with van der Waals surface area (Å²) in [6.45, 7) is 7.82. The van der Waals surface area contributed by atoms with Gasteiger partial charge in [-0.2, -0.15) is 0 Å². The van der Waals surface area contributed by atoms with Crippen LogP contribution in [0.4, 0.5) is 0 Å². The van der Waals surface area contributed by atoms with E-state index in [0.717, 1.165) is 51.4 Å². The Morgan fingerprint density at radius 2 is 0.696 bits per heavy atom. The Kier molecular flexibility index (Phi) is 46.4. The van der Waals surface area contributed by atoms with Gasteiger partial charge in [0.25, 0.3) is 0 Å². The second kappa shape index (κ2) is 47.8. The number of allylic oxidation sites excluding steroid dienone is 4. The van der Waals surface area contributed by atoms with Crippen LogP contribution < -0.4 is 0 Å². The van der Waals surface area contributed by atoms with E-state index in [9.17, 15) is 9.59 Å². The molecule has 1 unspecified atom stereocenters. The van der Waals surface area contributed by atoms with E-state index in [1.807, 2.05) is 0 Å². The normalized spacial score (nSPS) is 12.3. The van der Waals surface area contributed by atoms with Crippen molar-refractivity contribution in [2.24, 2.45) is 0 Å². The smallest absolute Gasteiger partial charge is 0.306 e. The van der Waals surface area contributed by atoms with Gasteiger partial charge in [-0.15, -0.1) is 0 Å². The Labute approximate surface area is 349 Å². The number of unbranched alkanes of at least 4 members (excludes halogenated alkanes) is 31. The van der Waals surface area contributed by atoms with Crippen molar-refractivity contribution in [2.75, 3.05) is 19.8 Å². The summed E-state index contributed by atoms with van der Waals surface area (Å²) in [6.07, 6.45) is 54.6. The second-order valence-electron chi connectivity index (χ2n) is 16.7. The topological polar surface area (TPSA) is 61.8 Å². The monoisotopic (exact) mass is 789 g/mol. The first-order chi connectivity index (χ1) is 27.6. The minimum Gasteiger partial charge on any atom is -0.462 e. The van der Waals surface area contributed by atoms with E-state index in [-0.39, 0.29) is 25.2 Å². The molecule has 0 aromatic heterocycles. The summed E-state index contributed by atoms with van der Waals surface area (Å²) < 4.78 is 17.4. The highest BCUT2D eigenvalue weighted by Crippen LogP contribution is 2.15. The molecule has 0 radical (unpaired) electrons. The summed E-state index contributed by atoms with van der Waals surface area (Å²) in [4.78, 5) is 25.3. The van der Waals surface area contributed by atoms with Gasteiger partial charge in [-0.3, -0.25) is 9.59 Å². The van der Waals surface area contributed by atoms with Crippen LogP contribution in [0.3, 0.4) is 0 Å². The molecule has 0 N–H and O–H groups in total. The van der Waals surface area contributed by atoms with Gasteiger partial charge >= 0.3 is 11.9 Å². The van der Waals surface area contributed by atoms with Crippen molar-refractivity contribution in [1.82, 2.24) is 0 Å². The molecule has 0 bridgehead atoms. The fraction of sp³-hybridized carbons (Fsp3) is 0.882. The first-order valence-corrected chi connectivity index (χ1v) is 24.9. The van der Waals surface area contributed by atoms with Crippen LogP contribution in [0.5, 0.6) is 0 Å². The zero-order chi connectivity index (χ0) is 40.7. The third-order valence-corrected chi connectivity index (χ3v) is 11.0. The first kappa shape index (κ1) is 54.4. The molecular formula is C51H96O5. The lowest BCUT2D eigenvalue weighted by Gasteiger charge is -2.18. The minimum absolute atomic E-state index is 0.0845. The van der Waals surface area contributed by atoms with E-state index in [2.05, 4.69) is 45.1 Å². The summed E-state index contributed by atoms with van der Waals surface area (Å²) in [6, 6.07) is 0. The third-order valence-electron chi connectivity index (χ3n) is 11.0. The molecule has 0 aromatic carbocycles. The van der Waals surface area contributed by atoms with Crippen molar-refractivity contribution in [3.63, 3.8) is 0 Å². The van der Waals surface area contributed by atoms with Gasteiger partial charge in [-0.25, -0.2) is 0 Å². The Balaban J connectivity index is 4.25. The Morgan fingerprint density at radius 3 is 1.11 bits per heavy atom. The molecular weight excluding hydrogens is 693 g/mol. The lowest BCUT2D eigenvalue weighted by Crippen LogP contribution is -2.30. The maximum Gasteiger partial charge on any atom is 0.306 e. The van der Waals surface area contributed by atoms with Crippen molar-refractivity contribution < 1.29 is 23.8 Å². The molecule has 0 fully saturated rings. The van der Waals surface area contributed by atoms with Crippen LogP contribution in [0.1, 0.15) is 265 Å². The molecule has 0 aliphatic carbocycles. The van der Waals surface area contributed by atoms with Crippen LogP contribution in [-0.2, 0) is 23.8 Å². The van der Waals surface area contributed by atoms with Gasteiger partial charge in [-0.05, 0) is 70.6 Å². The molecule has 56 heavy (non-hydrogen) atoms. The van der Waals surface area contributed by atoms with Crippen molar-refractivity contribution in [3.8, 4) is 0 Å². The molecule has 0 aromatic rings. The molecule has 0 aliphatic rings. The number of carbonyl (C=O) groups is 2. The summed E-state index contributed by atoms with van der Waals surface area (Å²) in [7, 11) is 0. The Hall–Kier alpha value is -1.62. The van der Waals surface area contributed by atoms with Gasteiger partial charge < -0.3 is 14.2 Å². The van der Waals surface area contributed by atoms with Crippen molar-refractivity contribution >= 4 is 11.9 Å². The number of ether oxygens (including phenoxy) is 3. The number of esters is 2. The van der Waals surface area contributed by atoms with E-state index in [1.165, 1.54) is 180 Å². The SMILES string of the molecule is CCCCCC/C=C\CCCCCCCCOCC(COC(=O)CCCCCCC/C=C\CCCCCC)OC(=O)CCCCCCCCCCCCCCC. The van der Waals surface area contributed by atoms with E-state index < -0.39 is 6.10 Å². The van der Waals surface area contributed by atoms with Gasteiger partial charge in [0.1, 0.15) is 6.61 Å². The lowest BCUT2D eigenvalue weighted by atomic mass is 10.0. The minimum atomic E-state index is -0.534. The second-order valence-corrected chi connectivity index (χ2v) is 16.7. The molecule has 0 spiro atoms. The van der Waals surface area contributed by atoms with Crippen molar-refractivity contribution in [3.05, 3.63) is 24.3 Å². The summed E-state index contributed by atoms with van der Waals surface area (Å²) >= 11 is 0. The maximum atomic E-state index is 12.8. The van der Waals surface area contributed by atoms with Crippen LogP contribution in [0.15, 0.2) is 24.3 Å². The molecule has 0 heterocycles. The number of carbonyl (C=O) groups excluding carboxylic acids is 2. The third kappa shape index (κ3) is 45.1. The van der Waals surface area contributed by atoms with E-state index in [4.69, 9.17) is 14.2 Å². The number of hydrogen-bond acceptors (Lipinski definition) is 5. The largest absolute Gasteiger partial charge is 0.462 e. The van der Waals surface area contributed by atoms with Crippen LogP contribution in [0.2, 0.25) is 0 Å². The van der Waals surface area contributed by atoms with Crippen molar-refractivity contribution in [2.45, 2.75) is 271 Å². The van der Waals surface area contributed by atoms with E-state index in [1.54, 1.807) is 0 Å². The average Bonchev–Trinajstić information content (AvgIpc) is 3.20. The van der Waals surface area contributed by atoms with E-state index in [0.29, 0.717) is 19.4 Å². The van der Waals surface area contributed by atoms with Gasteiger partial charge in [0.15, 0.2) is 6.10 Å².